The van der Waals surface area contributed by atoms with Crippen LogP contribution in [0.4, 0.5) is 5.69 Å². The van der Waals surface area contributed by atoms with Crippen molar-refractivity contribution >= 4 is 35.6 Å². The Morgan fingerprint density at radius 3 is 2.87 bits per heavy atom. The monoisotopic (exact) mass is 522 g/mol. The number of hydrogen-bond acceptors (Lipinski definition) is 5. The summed E-state index contributed by atoms with van der Waals surface area (Å²) in [4.78, 5) is 7.05. The summed E-state index contributed by atoms with van der Waals surface area (Å²) in [5.74, 6) is 1.70. The van der Waals surface area contributed by atoms with Crippen molar-refractivity contribution in [3.63, 3.8) is 0 Å². The molecular weight excluding hydrogens is 491 g/mol. The number of aliphatic imine (C=N–C) groups is 1. The van der Waals surface area contributed by atoms with E-state index in [1.165, 1.54) is 0 Å². The van der Waals surface area contributed by atoms with Gasteiger partial charge in [0.15, 0.2) is 5.96 Å². The van der Waals surface area contributed by atoms with E-state index in [1.54, 1.807) is 0 Å². The zero-order valence-electron chi connectivity index (χ0n) is 17.9. The molecule has 1 fully saturated rings. The van der Waals surface area contributed by atoms with Crippen LogP contribution in [0.2, 0.25) is 0 Å². The number of guanidine groups is 1. The van der Waals surface area contributed by atoms with Gasteiger partial charge in [-0.15, -0.1) is 24.0 Å². The summed E-state index contributed by atoms with van der Waals surface area (Å²) in [7, 11) is 0. The van der Waals surface area contributed by atoms with E-state index in [9.17, 15) is 5.26 Å². The fraction of sp³-hybridized carbons (Fsp3) is 0.500. The molecule has 1 aliphatic heterocycles. The van der Waals surface area contributed by atoms with Crippen molar-refractivity contribution in [2.75, 3.05) is 31.1 Å². The molecule has 3 rings (SSSR count). The number of nitriles is 1. The van der Waals surface area contributed by atoms with Crippen molar-refractivity contribution in [1.82, 2.24) is 15.8 Å². The number of para-hydroxylation sites is 1. The molecule has 1 unspecified atom stereocenters. The Morgan fingerprint density at radius 1 is 1.37 bits per heavy atom. The minimum absolute atomic E-state index is 0. The Balaban J connectivity index is 0.00000320. The van der Waals surface area contributed by atoms with E-state index in [0.29, 0.717) is 6.54 Å². The molecule has 0 radical (unpaired) electrons. The average molecular weight is 522 g/mol. The minimum atomic E-state index is 0. The molecular formula is C22H31IN6O. The summed E-state index contributed by atoms with van der Waals surface area (Å²) in [6, 6.07) is 10.4. The van der Waals surface area contributed by atoms with Crippen molar-refractivity contribution in [2.24, 2.45) is 4.99 Å². The molecule has 2 heterocycles. The first-order valence-corrected chi connectivity index (χ1v) is 10.3. The average Bonchev–Trinajstić information content (AvgIpc) is 3.06. The molecule has 1 aromatic heterocycles. The molecule has 0 amide bonds. The van der Waals surface area contributed by atoms with Crippen LogP contribution in [0.1, 0.15) is 42.3 Å². The van der Waals surface area contributed by atoms with Crippen molar-refractivity contribution in [2.45, 2.75) is 46.1 Å². The maximum atomic E-state index is 9.41. The molecule has 0 bridgehead atoms. The SMILES string of the molecule is CCNC(=NCCc1c(C)noc1C)NC1CCCN(c2ccccc2C#N)C1.I. The topological polar surface area (TPSA) is 89.5 Å². The summed E-state index contributed by atoms with van der Waals surface area (Å²) in [6.45, 7) is 9.29. The Hall–Kier alpha value is -2.28. The Labute approximate surface area is 195 Å². The summed E-state index contributed by atoms with van der Waals surface area (Å²) >= 11 is 0. The van der Waals surface area contributed by atoms with Gasteiger partial charge in [0.2, 0.25) is 0 Å². The van der Waals surface area contributed by atoms with Crippen molar-refractivity contribution in [3.05, 3.63) is 46.8 Å². The number of rotatable bonds is 6. The van der Waals surface area contributed by atoms with Crippen molar-refractivity contribution < 1.29 is 4.52 Å². The second kappa shape index (κ2) is 11.8. The number of hydrogen-bond donors (Lipinski definition) is 2. The van der Waals surface area contributed by atoms with Crippen LogP contribution in [0.15, 0.2) is 33.8 Å². The fourth-order valence-corrected chi connectivity index (χ4v) is 3.81. The molecule has 162 valence electrons. The molecule has 0 saturated carbocycles. The predicted molar refractivity (Wildman–Crippen MR) is 131 cm³/mol. The molecule has 1 aliphatic rings. The molecule has 1 atom stereocenters. The minimum Gasteiger partial charge on any atom is -0.368 e. The van der Waals surface area contributed by atoms with Gasteiger partial charge in [0.05, 0.1) is 16.9 Å². The Kier molecular flexibility index (Phi) is 9.43. The van der Waals surface area contributed by atoms with Crippen molar-refractivity contribution in [3.8, 4) is 6.07 Å². The summed E-state index contributed by atoms with van der Waals surface area (Å²) < 4.78 is 5.24. The lowest BCUT2D eigenvalue weighted by atomic mass is 10.0. The number of nitrogens with one attached hydrogen (secondary N) is 2. The number of aryl methyl sites for hydroxylation is 2. The van der Waals surface area contributed by atoms with Crippen LogP contribution in [0.5, 0.6) is 0 Å². The van der Waals surface area contributed by atoms with Crippen LogP contribution >= 0.6 is 24.0 Å². The van der Waals surface area contributed by atoms with Crippen molar-refractivity contribution in [1.29, 1.82) is 5.26 Å². The first kappa shape index (κ1) is 24.0. The zero-order chi connectivity index (χ0) is 20.6. The van der Waals surface area contributed by atoms with E-state index in [-0.39, 0.29) is 30.0 Å². The van der Waals surface area contributed by atoms with Crippen LogP contribution in [0, 0.1) is 25.2 Å². The van der Waals surface area contributed by atoms with E-state index in [0.717, 1.165) is 73.1 Å². The van der Waals surface area contributed by atoms with Crippen LogP contribution in [-0.4, -0.2) is 43.3 Å². The maximum Gasteiger partial charge on any atom is 0.191 e. The molecule has 0 spiro atoms. The quantitative estimate of drug-likeness (QED) is 0.343. The number of piperidine rings is 1. The zero-order valence-corrected chi connectivity index (χ0v) is 20.3. The largest absolute Gasteiger partial charge is 0.368 e. The highest BCUT2D eigenvalue weighted by molar-refractivity contribution is 14.0. The van der Waals surface area contributed by atoms with Gasteiger partial charge in [-0.25, -0.2) is 0 Å². The highest BCUT2D eigenvalue weighted by Gasteiger charge is 2.22. The molecule has 2 aromatic rings. The highest BCUT2D eigenvalue weighted by atomic mass is 127. The van der Waals surface area contributed by atoms with Crippen LogP contribution in [-0.2, 0) is 6.42 Å². The summed E-state index contributed by atoms with van der Waals surface area (Å²) in [6.07, 6.45) is 2.97. The van der Waals surface area contributed by atoms with Gasteiger partial charge in [-0.3, -0.25) is 4.99 Å². The molecule has 30 heavy (non-hydrogen) atoms. The van der Waals surface area contributed by atoms with Gasteiger partial charge in [-0.1, -0.05) is 17.3 Å². The third kappa shape index (κ3) is 6.11. The summed E-state index contributed by atoms with van der Waals surface area (Å²) in [5, 5.41) is 20.3. The predicted octanol–water partition coefficient (Wildman–Crippen LogP) is 3.55. The fourth-order valence-electron chi connectivity index (χ4n) is 3.81. The third-order valence-corrected chi connectivity index (χ3v) is 5.28. The second-order valence-corrected chi connectivity index (χ2v) is 7.37. The van der Waals surface area contributed by atoms with Gasteiger partial charge in [0, 0.05) is 37.8 Å². The standard InChI is InChI=1S/C22H30N6O.HI/c1-4-24-22(25-12-11-20-16(2)27-29-17(20)3)26-19-9-7-13-28(15-19)21-10-6-5-8-18(21)14-23;/h5-6,8,10,19H,4,7,9,11-13,15H2,1-3H3,(H2,24,25,26);1H. The number of halogens is 1. The van der Waals surface area contributed by atoms with Crippen LogP contribution < -0.4 is 15.5 Å². The van der Waals surface area contributed by atoms with Gasteiger partial charge in [-0.05, 0) is 52.2 Å². The van der Waals surface area contributed by atoms with E-state index in [2.05, 4.69) is 33.7 Å². The lowest BCUT2D eigenvalue weighted by molar-refractivity contribution is 0.392. The van der Waals surface area contributed by atoms with Gasteiger partial charge < -0.3 is 20.1 Å². The molecule has 1 aromatic carbocycles. The van der Waals surface area contributed by atoms with E-state index in [1.807, 2.05) is 38.1 Å². The Morgan fingerprint density at radius 2 is 2.17 bits per heavy atom. The summed E-state index contributed by atoms with van der Waals surface area (Å²) in [5.41, 5.74) is 3.83. The third-order valence-electron chi connectivity index (χ3n) is 5.28. The smallest absolute Gasteiger partial charge is 0.191 e. The molecule has 0 aliphatic carbocycles. The van der Waals surface area contributed by atoms with E-state index < -0.39 is 0 Å². The first-order chi connectivity index (χ1) is 14.1. The molecule has 2 N–H and O–H groups in total. The highest BCUT2D eigenvalue weighted by Crippen LogP contribution is 2.23. The van der Waals surface area contributed by atoms with Gasteiger partial charge in [0.25, 0.3) is 0 Å². The van der Waals surface area contributed by atoms with Crippen LogP contribution in [0.25, 0.3) is 0 Å². The van der Waals surface area contributed by atoms with Crippen LogP contribution in [0.3, 0.4) is 0 Å². The van der Waals surface area contributed by atoms with E-state index >= 15 is 0 Å². The number of nitrogens with zero attached hydrogens (tertiary/aromatic N) is 4. The van der Waals surface area contributed by atoms with Gasteiger partial charge >= 0.3 is 0 Å². The number of benzene rings is 1. The number of anilines is 1. The lowest BCUT2D eigenvalue weighted by Gasteiger charge is -2.35. The lowest BCUT2D eigenvalue weighted by Crippen LogP contribution is -2.51. The second-order valence-electron chi connectivity index (χ2n) is 7.37. The normalized spacial score (nSPS) is 16.5. The Bertz CT molecular complexity index is 868. The van der Waals surface area contributed by atoms with Gasteiger partial charge in [-0.2, -0.15) is 5.26 Å². The number of aromatic nitrogens is 1. The molecule has 7 nitrogen and oxygen atoms in total. The maximum absolute atomic E-state index is 9.41. The van der Waals surface area contributed by atoms with E-state index in [4.69, 9.17) is 9.52 Å². The first-order valence-electron chi connectivity index (χ1n) is 10.3. The molecule has 8 heteroatoms. The van der Waals surface area contributed by atoms with Gasteiger partial charge in [0.1, 0.15) is 11.8 Å². The molecule has 1 saturated heterocycles.